The van der Waals surface area contributed by atoms with Crippen molar-refractivity contribution in [3.8, 4) is 39.9 Å². The van der Waals surface area contributed by atoms with Crippen molar-refractivity contribution in [1.29, 1.82) is 0 Å². The average Bonchev–Trinajstić information content (AvgIpc) is 3.67. The minimum atomic E-state index is -0.114. The predicted octanol–water partition coefficient (Wildman–Crippen LogP) is 10.9. The van der Waals surface area contributed by atoms with Crippen molar-refractivity contribution in [1.82, 2.24) is 19.5 Å². The molecule has 2 aliphatic rings. The van der Waals surface area contributed by atoms with E-state index in [9.17, 15) is 0 Å². The summed E-state index contributed by atoms with van der Waals surface area (Å²) in [6.07, 6.45) is 9.05. The van der Waals surface area contributed by atoms with Gasteiger partial charge in [-0.1, -0.05) is 140 Å². The third-order valence-corrected chi connectivity index (χ3v) is 10.5. The van der Waals surface area contributed by atoms with E-state index in [1.54, 1.807) is 0 Å². The molecule has 0 spiro atoms. The number of hydrogen-bond acceptors (Lipinski definition) is 4. The maximum atomic E-state index is 5.09. The topological polar surface area (TPSA) is 46.8 Å². The second kappa shape index (κ2) is 11.5. The van der Waals surface area contributed by atoms with Crippen molar-refractivity contribution in [2.24, 2.45) is 0 Å². The minimum absolute atomic E-state index is 0.114. The van der Waals surface area contributed by atoms with Crippen molar-refractivity contribution in [2.75, 3.05) is 4.90 Å². The molecule has 0 fully saturated rings. The molecule has 0 amide bonds. The molecule has 6 aromatic carbocycles. The Bertz CT molecular complexity index is 2600. The van der Waals surface area contributed by atoms with Crippen molar-refractivity contribution in [2.45, 2.75) is 18.4 Å². The molecule has 1 aliphatic carbocycles. The molecule has 0 N–H and O–H groups in total. The molecule has 10 rings (SSSR count). The van der Waals surface area contributed by atoms with E-state index in [4.69, 9.17) is 15.0 Å². The van der Waals surface area contributed by atoms with Gasteiger partial charge in [-0.3, -0.25) is 4.57 Å². The van der Waals surface area contributed by atoms with Crippen LogP contribution in [0.4, 0.5) is 11.4 Å². The van der Waals surface area contributed by atoms with Gasteiger partial charge in [0.25, 0.3) is 0 Å². The van der Waals surface area contributed by atoms with Crippen LogP contribution in [-0.2, 0) is 5.41 Å². The van der Waals surface area contributed by atoms with Gasteiger partial charge in [-0.15, -0.1) is 0 Å². The summed E-state index contributed by atoms with van der Waals surface area (Å²) in [5.74, 6) is 1.87. The van der Waals surface area contributed by atoms with Crippen molar-refractivity contribution >= 4 is 33.2 Å². The van der Waals surface area contributed by atoms with E-state index in [2.05, 4.69) is 132 Å². The summed E-state index contributed by atoms with van der Waals surface area (Å²) < 4.78 is 2.18. The maximum Gasteiger partial charge on any atom is 0.238 e. The zero-order valence-electron chi connectivity index (χ0n) is 28.1. The lowest BCUT2D eigenvalue weighted by atomic mass is 9.76. The van der Waals surface area contributed by atoms with E-state index in [-0.39, 0.29) is 11.5 Å². The maximum absolute atomic E-state index is 5.09. The summed E-state index contributed by atoms with van der Waals surface area (Å²) in [6.45, 7) is 2.35. The molecule has 0 saturated heterocycles. The molecule has 2 aromatic heterocycles. The molecule has 0 bridgehead atoms. The van der Waals surface area contributed by atoms with Gasteiger partial charge in [-0.25, -0.2) is 4.98 Å². The molecule has 242 valence electrons. The molecule has 8 aromatic rings. The van der Waals surface area contributed by atoms with Gasteiger partial charge in [-0.05, 0) is 60.0 Å². The lowest BCUT2D eigenvalue weighted by Gasteiger charge is -2.34. The molecule has 2 unspecified atom stereocenters. The van der Waals surface area contributed by atoms with Crippen molar-refractivity contribution in [3.05, 3.63) is 182 Å². The Kier molecular flexibility index (Phi) is 6.61. The highest BCUT2D eigenvalue weighted by Crippen LogP contribution is 2.52. The summed E-state index contributed by atoms with van der Waals surface area (Å²) in [4.78, 5) is 17.6. The molecule has 5 heteroatoms. The van der Waals surface area contributed by atoms with Gasteiger partial charge in [-0.2, -0.15) is 9.97 Å². The molecule has 51 heavy (non-hydrogen) atoms. The SMILES string of the molecule is CC12C=CC=CC1N(c1ccccc1)c1cc(-c3ccc4c(c3)c3ccccc3n4-c3nc(-c4ccccc4)nc(-c4ccccc4)n3)ccc12. The van der Waals surface area contributed by atoms with Crippen LogP contribution in [0.2, 0.25) is 0 Å². The Hall–Kier alpha value is -6.59. The quantitative estimate of drug-likeness (QED) is 0.185. The summed E-state index contributed by atoms with van der Waals surface area (Å²) in [7, 11) is 0. The molecule has 5 nitrogen and oxygen atoms in total. The second-order valence-electron chi connectivity index (χ2n) is 13.5. The molecule has 0 saturated carbocycles. The second-order valence-corrected chi connectivity index (χ2v) is 13.5. The fourth-order valence-corrected chi connectivity index (χ4v) is 8.00. The lowest BCUT2D eigenvalue weighted by Crippen LogP contribution is -2.39. The number of benzene rings is 6. The van der Waals surface area contributed by atoms with Gasteiger partial charge in [0.05, 0.1) is 17.1 Å². The van der Waals surface area contributed by atoms with Crippen LogP contribution >= 0.6 is 0 Å². The van der Waals surface area contributed by atoms with Crippen LogP contribution in [0.5, 0.6) is 0 Å². The largest absolute Gasteiger partial charge is 0.333 e. The first kappa shape index (κ1) is 29.3. The van der Waals surface area contributed by atoms with E-state index in [1.165, 1.54) is 22.5 Å². The highest BCUT2D eigenvalue weighted by molar-refractivity contribution is 6.10. The lowest BCUT2D eigenvalue weighted by molar-refractivity contribution is 0.551. The standard InChI is InChI=1S/C46H33N5/c1-46-28-14-13-23-42(46)50(35-19-9-4-10-20-35)41-30-34(24-26-38(41)46)33-25-27-40-37(29-33)36-21-11-12-22-39(36)51(40)45-48-43(31-15-5-2-6-16-31)47-44(49-45)32-17-7-3-8-18-32/h2-30,42H,1H3. The van der Waals surface area contributed by atoms with Crippen molar-refractivity contribution in [3.63, 3.8) is 0 Å². The van der Waals surface area contributed by atoms with E-state index in [1.807, 2.05) is 60.7 Å². The predicted molar refractivity (Wildman–Crippen MR) is 208 cm³/mol. The monoisotopic (exact) mass is 655 g/mol. The number of rotatable bonds is 5. The average molecular weight is 656 g/mol. The Balaban J connectivity index is 1.15. The highest BCUT2D eigenvalue weighted by atomic mass is 15.2. The van der Waals surface area contributed by atoms with Crippen LogP contribution in [0.15, 0.2) is 176 Å². The van der Waals surface area contributed by atoms with E-state index < -0.39 is 0 Å². The van der Waals surface area contributed by atoms with E-state index >= 15 is 0 Å². The van der Waals surface area contributed by atoms with Gasteiger partial charge >= 0.3 is 0 Å². The summed E-state index contributed by atoms with van der Waals surface area (Å²) in [6, 6.07) is 53.5. The van der Waals surface area contributed by atoms with Crippen molar-refractivity contribution < 1.29 is 0 Å². The molecular formula is C46H33N5. The molecule has 3 heterocycles. The van der Waals surface area contributed by atoms with Crippen LogP contribution in [0.3, 0.4) is 0 Å². The Morgan fingerprint density at radius 1 is 0.529 bits per heavy atom. The van der Waals surface area contributed by atoms with E-state index in [0.717, 1.165) is 38.5 Å². The van der Waals surface area contributed by atoms with E-state index in [0.29, 0.717) is 17.6 Å². The Labute approximate surface area is 296 Å². The molecular weight excluding hydrogens is 623 g/mol. The molecule has 2 atom stereocenters. The van der Waals surface area contributed by atoms with Crippen LogP contribution in [0.1, 0.15) is 12.5 Å². The van der Waals surface area contributed by atoms with Gasteiger partial charge in [0.15, 0.2) is 11.6 Å². The number of nitrogens with zero attached hydrogens (tertiary/aromatic N) is 5. The molecule has 1 aliphatic heterocycles. The van der Waals surface area contributed by atoms with Gasteiger partial charge in [0, 0.05) is 38.7 Å². The third-order valence-electron chi connectivity index (χ3n) is 10.5. The first-order chi connectivity index (χ1) is 25.2. The fourth-order valence-electron chi connectivity index (χ4n) is 8.00. The number of para-hydroxylation sites is 2. The number of allylic oxidation sites excluding steroid dienone is 2. The summed E-state index contributed by atoms with van der Waals surface area (Å²) >= 11 is 0. The molecule has 0 radical (unpaired) electrons. The fraction of sp³-hybridized carbons (Fsp3) is 0.0652. The Morgan fingerprint density at radius 2 is 1.14 bits per heavy atom. The van der Waals surface area contributed by atoms with Gasteiger partial charge in [0.2, 0.25) is 5.95 Å². The Morgan fingerprint density at radius 3 is 1.86 bits per heavy atom. The first-order valence-electron chi connectivity index (χ1n) is 17.4. The first-order valence-corrected chi connectivity index (χ1v) is 17.4. The number of hydrogen-bond donors (Lipinski definition) is 0. The van der Waals surface area contributed by atoms with Crippen LogP contribution in [0.25, 0.3) is 61.7 Å². The third kappa shape index (κ3) is 4.66. The zero-order valence-corrected chi connectivity index (χ0v) is 28.1. The zero-order chi connectivity index (χ0) is 33.9. The van der Waals surface area contributed by atoms with Gasteiger partial charge in [0.1, 0.15) is 0 Å². The number of anilines is 2. The van der Waals surface area contributed by atoms with Crippen LogP contribution in [0, 0.1) is 0 Å². The number of fused-ring (bicyclic) bond motifs is 6. The highest BCUT2D eigenvalue weighted by Gasteiger charge is 2.46. The minimum Gasteiger partial charge on any atom is -0.333 e. The normalized spacial score (nSPS) is 17.6. The number of aromatic nitrogens is 4. The van der Waals surface area contributed by atoms with Crippen LogP contribution < -0.4 is 4.90 Å². The smallest absolute Gasteiger partial charge is 0.238 e. The van der Waals surface area contributed by atoms with Crippen LogP contribution in [-0.4, -0.2) is 25.6 Å². The van der Waals surface area contributed by atoms with Gasteiger partial charge < -0.3 is 4.90 Å². The summed E-state index contributed by atoms with van der Waals surface area (Å²) in [5.41, 5.74) is 10.0. The summed E-state index contributed by atoms with van der Waals surface area (Å²) in [5, 5.41) is 2.30.